The van der Waals surface area contributed by atoms with Crippen LogP contribution in [0.25, 0.3) is 0 Å². The van der Waals surface area contributed by atoms with Gasteiger partial charge in [0.05, 0.1) is 24.2 Å². The van der Waals surface area contributed by atoms with E-state index in [-0.39, 0.29) is 51.1 Å². The molecule has 2 aromatic heterocycles. The van der Waals surface area contributed by atoms with Gasteiger partial charge in [0.25, 0.3) is 0 Å². The van der Waals surface area contributed by atoms with Gasteiger partial charge in [0.15, 0.2) is 0 Å². The summed E-state index contributed by atoms with van der Waals surface area (Å²) >= 11 is 0. The van der Waals surface area contributed by atoms with Crippen LogP contribution in [0.1, 0.15) is 81.8 Å². The van der Waals surface area contributed by atoms with Gasteiger partial charge in [0, 0.05) is 74.7 Å². The first-order chi connectivity index (χ1) is 33.7. The molecule has 0 aliphatic carbocycles. The van der Waals surface area contributed by atoms with Crippen molar-refractivity contribution in [2.75, 3.05) is 23.7 Å². The summed E-state index contributed by atoms with van der Waals surface area (Å²) in [6.07, 6.45) is 5.62. The number of nitrogens with one attached hydrogen (secondary N) is 5. The first-order valence-corrected chi connectivity index (χ1v) is 22.6. The summed E-state index contributed by atoms with van der Waals surface area (Å²) < 4.78 is 0. The molecule has 0 unspecified atom stereocenters. The van der Waals surface area contributed by atoms with Gasteiger partial charge in [0.2, 0.25) is 23.6 Å². The molecule has 6 N–H and O–H groups in total. The van der Waals surface area contributed by atoms with Gasteiger partial charge in [-0.25, -0.2) is 4.79 Å². The minimum Gasteiger partial charge on any atom is -0.573 e. The third kappa shape index (κ3) is 22.0. The molecule has 0 saturated carbocycles. The third-order valence-corrected chi connectivity index (χ3v) is 11.1. The van der Waals surface area contributed by atoms with E-state index in [1.54, 1.807) is 61.5 Å². The molecule has 4 aromatic rings. The molecule has 1 saturated heterocycles. The van der Waals surface area contributed by atoms with Gasteiger partial charge in [-0.05, 0) is 112 Å². The maximum absolute atomic E-state index is 14.1. The van der Waals surface area contributed by atoms with E-state index < -0.39 is 54.3 Å². The van der Waals surface area contributed by atoms with Crippen molar-refractivity contribution in [2.45, 2.75) is 110 Å². The van der Waals surface area contributed by atoms with Crippen molar-refractivity contribution in [3.8, 4) is 0 Å². The second-order valence-electron chi connectivity index (χ2n) is 16.6. The van der Waals surface area contributed by atoms with E-state index in [4.69, 9.17) is 14.4 Å². The third-order valence-electron chi connectivity index (χ3n) is 11.1. The Hall–Kier alpha value is -7.10. The predicted octanol–water partition coefficient (Wildman–Crippen LogP) is 4.37. The molecule has 379 valence electrons. The summed E-state index contributed by atoms with van der Waals surface area (Å²) in [5.41, 5.74) is 4.48. The Morgan fingerprint density at radius 3 is 1.87 bits per heavy atom. The van der Waals surface area contributed by atoms with Crippen LogP contribution in [0.3, 0.4) is 0 Å². The number of carbonyl (C=O) groups excluding carboxylic acids is 8. The number of anilines is 2. The molecule has 0 bridgehead atoms. The number of hydrogen-bond donors (Lipinski definition) is 6. The number of pyridine rings is 2. The standard InChI is InChI=1S/C48H61N9O7.CHO.2CO.Re/c1-32(2)44(47(63)57-27-13-15-34(57)4)55-46(62)41(29-43(59)60)53-45(61)40(19-9-12-26-56(30-37-16-7-10-24-49-37)31-38-17-8-11-25-50-38)52-42(58)28-35-20-22-36(23-21-35)51-48(64)54-39-18-6-5-14-33(39)3;3*1-2;/h5-8,10-11,14,16-18,20-25,32,34,40-41,44H,9,12-13,15,19,26-31H2,1-4H3,(H,52,58)(H,53,61)(H,55,62)(H,59,60)(H2,51,54,64);1H;;;/q;+1;2*-1;/t34-,40+,41+,44+;;;;/m1..../s1. The van der Waals surface area contributed by atoms with E-state index >= 15 is 0 Å². The molecule has 0 spiro atoms. The number of carboxylic acid groups (broad SMARTS) is 1. The summed E-state index contributed by atoms with van der Waals surface area (Å²) in [5.74, 6) is -3.90. The smallest absolute Gasteiger partial charge is 0.490 e. The largest absolute Gasteiger partial charge is 0.573 e. The van der Waals surface area contributed by atoms with Gasteiger partial charge in [-0.1, -0.05) is 56.3 Å². The molecule has 1 aliphatic rings. The van der Waals surface area contributed by atoms with Crippen molar-refractivity contribution in [1.82, 2.24) is 35.7 Å². The Kier molecular flexibility index (Phi) is 29.9. The number of aryl methyl sites for hydroxylation is 1. The van der Waals surface area contributed by atoms with Gasteiger partial charge in [-0.2, -0.15) is 0 Å². The van der Waals surface area contributed by atoms with E-state index in [1.807, 2.05) is 68.4 Å². The van der Waals surface area contributed by atoms with E-state index in [1.165, 1.54) is 0 Å². The van der Waals surface area contributed by atoms with Crippen LogP contribution < -0.4 is 26.6 Å². The Morgan fingerprint density at radius 2 is 1.35 bits per heavy atom. The van der Waals surface area contributed by atoms with Crippen LogP contribution in [-0.4, -0.2) is 118 Å². The van der Waals surface area contributed by atoms with Crippen molar-refractivity contribution in [3.63, 3.8) is 0 Å². The predicted molar refractivity (Wildman–Crippen MR) is 262 cm³/mol. The maximum atomic E-state index is 14.1. The maximum Gasteiger partial charge on any atom is 0.490 e. The number of aromatic nitrogens is 2. The number of carbonyl (C=O) groups is 6. The zero-order valence-electron chi connectivity index (χ0n) is 40.3. The van der Waals surface area contributed by atoms with Gasteiger partial charge in [0.1, 0.15) is 18.1 Å². The summed E-state index contributed by atoms with van der Waals surface area (Å²) in [6, 6.07) is 21.6. The van der Waals surface area contributed by atoms with Crippen molar-refractivity contribution >= 4 is 67.4 Å². The quantitative estimate of drug-likeness (QED) is 0.0363. The van der Waals surface area contributed by atoms with Crippen molar-refractivity contribution < 1.29 is 68.7 Å². The van der Waals surface area contributed by atoms with Crippen LogP contribution in [0.5, 0.6) is 0 Å². The number of aliphatic carboxylic acids is 1. The Balaban J connectivity index is 0.00000346. The van der Waals surface area contributed by atoms with E-state index in [9.17, 15) is 33.9 Å². The normalized spacial score (nSPS) is 13.6. The number of nitrogens with zero attached hydrogens (tertiary/aromatic N) is 4. The van der Waals surface area contributed by atoms with Crippen LogP contribution in [0.4, 0.5) is 16.2 Å². The molecular formula is C51H62N9O10Re-. The van der Waals surface area contributed by atoms with Gasteiger partial charge in [-0.3, -0.25) is 38.8 Å². The molecule has 19 nitrogen and oxygen atoms in total. The number of unbranched alkanes of at least 4 members (excludes halogenated alkanes) is 1. The molecule has 6 amide bonds. The number of rotatable bonds is 22. The zero-order valence-corrected chi connectivity index (χ0v) is 43.0. The van der Waals surface area contributed by atoms with E-state index in [0.29, 0.717) is 56.0 Å². The summed E-state index contributed by atoms with van der Waals surface area (Å²) in [5, 5.41) is 23.6. The number of benzene rings is 2. The van der Waals surface area contributed by atoms with Crippen LogP contribution in [0.15, 0.2) is 97.3 Å². The first-order valence-electron chi connectivity index (χ1n) is 22.6. The molecule has 1 aliphatic heterocycles. The number of hydrogen-bond acceptors (Lipinski definition) is 12. The molecule has 3 radical (unpaired) electrons. The van der Waals surface area contributed by atoms with Gasteiger partial charge >= 0.3 is 18.8 Å². The Morgan fingerprint density at radius 1 is 0.775 bits per heavy atom. The summed E-state index contributed by atoms with van der Waals surface area (Å²) in [6.45, 7) is 22.0. The fourth-order valence-electron chi connectivity index (χ4n) is 7.61. The van der Waals surface area contributed by atoms with Crippen molar-refractivity contribution in [3.05, 3.63) is 120 Å². The van der Waals surface area contributed by atoms with E-state index in [0.717, 1.165) is 29.8 Å². The molecule has 20 heteroatoms. The average molecular weight is 1150 g/mol. The molecule has 71 heavy (non-hydrogen) atoms. The number of amides is 6. The Bertz CT molecular complexity index is 2200. The SMILES string of the molecule is Cc1ccccc1NC(=O)Nc1ccc(CC(=O)N[C@@H](CCCCN(Cc2ccccn2)Cc2ccccn2)C(=O)N[C@@H](CC(=O)O)C(=O)N[C@H](C(=O)N2CCC[C@H]2C)C(C)C)cc1.[C-]=O.[C-]=O.[CH+]=O.[Re]. The molecular weight excluding hydrogens is 1080 g/mol. The fraction of sp³-hybridized carbons (Fsp3) is 0.392. The molecule has 1 fully saturated rings. The number of para-hydroxylation sites is 1. The van der Waals surface area contributed by atoms with Crippen molar-refractivity contribution in [1.29, 1.82) is 0 Å². The van der Waals surface area contributed by atoms with Gasteiger partial charge in [-0.15, -0.1) is 0 Å². The van der Waals surface area contributed by atoms with Crippen LogP contribution in [-0.2, 0) is 78.3 Å². The monoisotopic (exact) mass is 1150 g/mol. The van der Waals surface area contributed by atoms with Crippen molar-refractivity contribution in [2.24, 2.45) is 5.92 Å². The fourth-order valence-corrected chi connectivity index (χ4v) is 7.61. The minimum atomic E-state index is -1.52. The number of likely N-dealkylation sites (tertiary alicyclic amines) is 1. The molecule has 5 rings (SSSR count). The van der Waals surface area contributed by atoms with Crippen LogP contribution in [0, 0.1) is 12.8 Å². The zero-order chi connectivity index (χ0) is 52.0. The minimum absolute atomic E-state index is 0. The Labute approximate surface area is 429 Å². The number of urea groups is 1. The van der Waals surface area contributed by atoms with Crippen LogP contribution >= 0.6 is 0 Å². The van der Waals surface area contributed by atoms with Gasteiger partial charge < -0.3 is 59.8 Å². The average Bonchev–Trinajstić information content (AvgIpc) is 3.80. The topological polar surface area (TPSA) is 266 Å². The van der Waals surface area contributed by atoms with Crippen LogP contribution in [0.2, 0.25) is 0 Å². The second kappa shape index (κ2) is 34.2. The van der Waals surface area contributed by atoms with E-state index in [2.05, 4.69) is 61.8 Å². The summed E-state index contributed by atoms with van der Waals surface area (Å²) in [4.78, 5) is 115. The summed E-state index contributed by atoms with van der Waals surface area (Å²) in [7, 11) is 0. The molecule has 4 atom stereocenters. The number of carboxylic acids is 1. The molecule has 2 aromatic carbocycles. The second-order valence-corrected chi connectivity index (χ2v) is 16.6. The molecule has 3 heterocycles. The first kappa shape index (κ1) is 61.9.